The second kappa shape index (κ2) is 5.64. The summed E-state index contributed by atoms with van der Waals surface area (Å²) in [7, 11) is 0. The lowest BCUT2D eigenvalue weighted by Gasteiger charge is -2.19. The molecule has 0 spiro atoms. The molecule has 0 saturated carbocycles. The Bertz CT molecular complexity index is 908. The van der Waals surface area contributed by atoms with Gasteiger partial charge in [-0.3, -0.25) is 9.69 Å². The van der Waals surface area contributed by atoms with Crippen molar-refractivity contribution < 1.29 is 4.79 Å². The van der Waals surface area contributed by atoms with Gasteiger partial charge in [-0.15, -0.1) is 0 Å². The maximum Gasteiger partial charge on any atom is 0.236 e. The minimum atomic E-state index is 0.139. The van der Waals surface area contributed by atoms with Gasteiger partial charge in [-0.1, -0.05) is 48.5 Å². The molecule has 0 unspecified atom stereocenters. The van der Waals surface area contributed by atoms with E-state index in [4.69, 9.17) is 0 Å². The Morgan fingerprint density at radius 1 is 0.792 bits per heavy atom. The van der Waals surface area contributed by atoms with Crippen molar-refractivity contribution >= 4 is 17.3 Å². The first-order valence-corrected chi connectivity index (χ1v) is 8.21. The Morgan fingerprint density at radius 3 is 2.21 bits per heavy atom. The maximum atomic E-state index is 12.6. The van der Waals surface area contributed by atoms with Crippen molar-refractivity contribution in [2.45, 2.75) is 20.3 Å². The molecule has 1 amide bonds. The number of carbonyl (C=O) groups excluding carboxylic acids is 1. The molecule has 2 heteroatoms. The van der Waals surface area contributed by atoms with Crippen LogP contribution in [0.2, 0.25) is 0 Å². The van der Waals surface area contributed by atoms with Gasteiger partial charge >= 0.3 is 0 Å². The number of hydrogen-bond donors (Lipinski definition) is 0. The number of rotatable bonds is 2. The van der Waals surface area contributed by atoms with Gasteiger partial charge in [-0.05, 0) is 59.9 Å². The lowest BCUT2D eigenvalue weighted by Crippen LogP contribution is -2.21. The van der Waals surface area contributed by atoms with Crippen LogP contribution in [0.15, 0.2) is 66.7 Å². The highest BCUT2D eigenvalue weighted by Crippen LogP contribution is 2.38. The van der Waals surface area contributed by atoms with Crippen LogP contribution in [0, 0.1) is 13.8 Å². The molecule has 2 nitrogen and oxygen atoms in total. The molecule has 0 radical (unpaired) electrons. The summed E-state index contributed by atoms with van der Waals surface area (Å²) in [5.41, 5.74) is 7.71. The van der Waals surface area contributed by atoms with Crippen LogP contribution in [-0.2, 0) is 11.2 Å². The molecule has 24 heavy (non-hydrogen) atoms. The molecular weight excluding hydrogens is 294 g/mol. The lowest BCUT2D eigenvalue weighted by molar-refractivity contribution is -0.116. The highest BCUT2D eigenvalue weighted by molar-refractivity contribution is 6.08. The van der Waals surface area contributed by atoms with Crippen LogP contribution in [0.25, 0.3) is 11.1 Å². The first-order chi connectivity index (χ1) is 11.6. The Kier molecular flexibility index (Phi) is 3.46. The maximum absolute atomic E-state index is 12.6. The molecule has 1 heterocycles. The highest BCUT2D eigenvalue weighted by Gasteiger charge is 2.29. The van der Waals surface area contributed by atoms with E-state index in [0.29, 0.717) is 6.42 Å². The minimum absolute atomic E-state index is 0.139. The zero-order valence-electron chi connectivity index (χ0n) is 13.9. The van der Waals surface area contributed by atoms with E-state index in [-0.39, 0.29) is 5.91 Å². The fourth-order valence-electron chi connectivity index (χ4n) is 3.47. The van der Waals surface area contributed by atoms with E-state index in [9.17, 15) is 4.79 Å². The topological polar surface area (TPSA) is 20.3 Å². The quantitative estimate of drug-likeness (QED) is 0.637. The summed E-state index contributed by atoms with van der Waals surface area (Å²) in [6, 6.07) is 22.9. The number of benzene rings is 3. The molecule has 0 fully saturated rings. The summed E-state index contributed by atoms with van der Waals surface area (Å²) in [5.74, 6) is 0.139. The van der Waals surface area contributed by atoms with Crippen LogP contribution in [0.3, 0.4) is 0 Å². The van der Waals surface area contributed by atoms with Crippen molar-refractivity contribution in [3.63, 3.8) is 0 Å². The van der Waals surface area contributed by atoms with E-state index in [1.807, 2.05) is 23.1 Å². The fraction of sp³-hybridized carbons (Fsp3) is 0.136. The van der Waals surface area contributed by atoms with E-state index < -0.39 is 0 Å². The predicted molar refractivity (Wildman–Crippen MR) is 98.6 cm³/mol. The Labute approximate surface area is 142 Å². The molecule has 4 rings (SSSR count). The first kappa shape index (κ1) is 14.7. The van der Waals surface area contributed by atoms with Crippen LogP contribution >= 0.6 is 0 Å². The zero-order valence-corrected chi connectivity index (χ0v) is 13.9. The summed E-state index contributed by atoms with van der Waals surface area (Å²) in [4.78, 5) is 14.5. The molecule has 3 aromatic rings. The number of fused-ring (bicyclic) bond motifs is 1. The second-order valence-electron chi connectivity index (χ2n) is 6.46. The molecule has 0 N–H and O–H groups in total. The molecule has 0 atom stereocenters. The number of carbonyl (C=O) groups is 1. The molecule has 0 aromatic heterocycles. The number of hydrogen-bond acceptors (Lipinski definition) is 1. The molecular formula is C22H19NO. The Balaban J connectivity index is 1.84. The molecule has 0 aliphatic carbocycles. The third-order valence-corrected chi connectivity index (χ3v) is 4.49. The number of aryl methyl sites for hydroxylation is 2. The number of nitrogens with zero attached hydrogens (tertiary/aromatic N) is 1. The summed E-state index contributed by atoms with van der Waals surface area (Å²) in [6.07, 6.45) is 0.470. The van der Waals surface area contributed by atoms with E-state index in [0.717, 1.165) is 22.5 Å². The zero-order chi connectivity index (χ0) is 16.7. The van der Waals surface area contributed by atoms with Crippen molar-refractivity contribution in [1.82, 2.24) is 0 Å². The summed E-state index contributed by atoms with van der Waals surface area (Å²) < 4.78 is 0. The van der Waals surface area contributed by atoms with E-state index in [1.165, 1.54) is 16.7 Å². The third-order valence-electron chi connectivity index (χ3n) is 4.49. The fourth-order valence-corrected chi connectivity index (χ4v) is 3.47. The monoisotopic (exact) mass is 313 g/mol. The summed E-state index contributed by atoms with van der Waals surface area (Å²) in [6.45, 7) is 4.14. The SMILES string of the molecule is Cc1cc(C)cc(N2C(=O)Cc3ccc(-c4ccccc4)cc32)c1. The minimum Gasteiger partial charge on any atom is -0.280 e. The average Bonchev–Trinajstić information content (AvgIpc) is 2.89. The summed E-state index contributed by atoms with van der Waals surface area (Å²) >= 11 is 0. The largest absolute Gasteiger partial charge is 0.280 e. The average molecular weight is 313 g/mol. The lowest BCUT2D eigenvalue weighted by atomic mass is 10.0. The van der Waals surface area contributed by atoms with Crippen molar-refractivity contribution in [3.05, 3.63) is 83.4 Å². The van der Waals surface area contributed by atoms with Gasteiger partial charge in [-0.25, -0.2) is 0 Å². The van der Waals surface area contributed by atoms with Crippen molar-refractivity contribution in [3.8, 4) is 11.1 Å². The number of anilines is 2. The van der Waals surface area contributed by atoms with Gasteiger partial charge in [0.25, 0.3) is 0 Å². The standard InChI is InChI=1S/C22H19NO/c1-15-10-16(2)12-20(11-15)23-21-13-18(17-6-4-3-5-7-17)8-9-19(21)14-22(23)24/h3-13H,14H2,1-2H3. The van der Waals surface area contributed by atoms with Crippen LogP contribution in [0.1, 0.15) is 16.7 Å². The van der Waals surface area contributed by atoms with E-state index in [2.05, 4.69) is 62.4 Å². The van der Waals surface area contributed by atoms with Gasteiger partial charge in [0.2, 0.25) is 5.91 Å². The highest BCUT2D eigenvalue weighted by atomic mass is 16.2. The number of amides is 1. The van der Waals surface area contributed by atoms with Gasteiger partial charge in [0.05, 0.1) is 12.1 Å². The van der Waals surface area contributed by atoms with Gasteiger partial charge in [-0.2, -0.15) is 0 Å². The molecule has 1 aliphatic rings. The predicted octanol–water partition coefficient (Wildman–Crippen LogP) is 5.19. The van der Waals surface area contributed by atoms with Crippen molar-refractivity contribution in [2.75, 3.05) is 4.90 Å². The van der Waals surface area contributed by atoms with Gasteiger partial charge < -0.3 is 0 Å². The Morgan fingerprint density at radius 2 is 1.50 bits per heavy atom. The van der Waals surface area contributed by atoms with Crippen LogP contribution in [-0.4, -0.2) is 5.91 Å². The smallest absolute Gasteiger partial charge is 0.236 e. The van der Waals surface area contributed by atoms with Crippen LogP contribution < -0.4 is 4.90 Å². The van der Waals surface area contributed by atoms with Crippen molar-refractivity contribution in [2.24, 2.45) is 0 Å². The third kappa shape index (κ3) is 2.50. The molecule has 3 aromatic carbocycles. The second-order valence-corrected chi connectivity index (χ2v) is 6.46. The van der Waals surface area contributed by atoms with E-state index in [1.54, 1.807) is 0 Å². The van der Waals surface area contributed by atoms with Gasteiger partial charge in [0, 0.05) is 5.69 Å². The first-order valence-electron chi connectivity index (χ1n) is 8.21. The Hall–Kier alpha value is -2.87. The van der Waals surface area contributed by atoms with Gasteiger partial charge in [0.15, 0.2) is 0 Å². The van der Waals surface area contributed by atoms with Crippen LogP contribution in [0.4, 0.5) is 11.4 Å². The molecule has 1 aliphatic heterocycles. The van der Waals surface area contributed by atoms with Crippen molar-refractivity contribution in [1.29, 1.82) is 0 Å². The summed E-state index contributed by atoms with van der Waals surface area (Å²) in [5, 5.41) is 0. The molecule has 0 saturated heterocycles. The molecule has 118 valence electrons. The van der Waals surface area contributed by atoms with Gasteiger partial charge in [0.1, 0.15) is 0 Å². The molecule has 0 bridgehead atoms. The van der Waals surface area contributed by atoms with E-state index >= 15 is 0 Å². The normalized spacial score (nSPS) is 13.2. The van der Waals surface area contributed by atoms with Crippen LogP contribution in [0.5, 0.6) is 0 Å².